The van der Waals surface area contributed by atoms with Crippen LogP contribution >= 0.6 is 11.8 Å². The molecule has 1 saturated carbocycles. The van der Waals surface area contributed by atoms with Gasteiger partial charge in [-0.1, -0.05) is 76.6 Å². The standard InChI is InChI=1S/C21H31N5OS/c1-14-7-5-6-8-17(14)23-18(27)13-28-20-25-24-19(26(20)22)15-9-11-16(12-10-15)21(2,3)4/h9-12,14,17H,5-8,13,22H2,1-4H3,(H,23,27)/t14-,17-/m1/s1. The molecule has 1 aromatic carbocycles. The zero-order valence-electron chi connectivity index (χ0n) is 17.2. The van der Waals surface area contributed by atoms with Crippen LogP contribution in [0.1, 0.15) is 58.9 Å². The van der Waals surface area contributed by atoms with Crippen molar-refractivity contribution in [1.82, 2.24) is 20.2 Å². The molecule has 1 aliphatic carbocycles. The summed E-state index contributed by atoms with van der Waals surface area (Å²) in [5.74, 6) is 7.66. The van der Waals surface area contributed by atoms with Crippen molar-refractivity contribution in [3.63, 3.8) is 0 Å². The molecule has 0 spiro atoms. The first-order valence-electron chi connectivity index (χ1n) is 9.99. The Morgan fingerprint density at radius 1 is 1.21 bits per heavy atom. The molecule has 0 unspecified atom stereocenters. The van der Waals surface area contributed by atoms with Crippen LogP contribution in [-0.4, -0.2) is 32.6 Å². The molecule has 0 aliphatic heterocycles. The van der Waals surface area contributed by atoms with E-state index < -0.39 is 0 Å². The van der Waals surface area contributed by atoms with E-state index in [1.807, 2.05) is 12.1 Å². The van der Waals surface area contributed by atoms with Crippen LogP contribution < -0.4 is 11.2 Å². The number of nitrogens with two attached hydrogens (primary N) is 1. The molecule has 7 heteroatoms. The highest BCUT2D eigenvalue weighted by atomic mass is 32.2. The lowest BCUT2D eigenvalue weighted by Crippen LogP contribution is -2.41. The number of benzene rings is 1. The topological polar surface area (TPSA) is 85.8 Å². The molecule has 1 aliphatic rings. The third-order valence-corrected chi connectivity index (χ3v) is 6.41. The van der Waals surface area contributed by atoms with E-state index in [0.717, 1.165) is 12.0 Å². The fourth-order valence-corrected chi connectivity index (χ4v) is 4.27. The van der Waals surface area contributed by atoms with Crippen molar-refractivity contribution in [3.8, 4) is 11.4 Å². The first-order chi connectivity index (χ1) is 13.3. The second kappa shape index (κ2) is 8.55. The average Bonchev–Trinajstić information content (AvgIpc) is 3.02. The Hall–Kier alpha value is -2.02. The molecule has 28 heavy (non-hydrogen) atoms. The van der Waals surface area contributed by atoms with Gasteiger partial charge in [-0.2, -0.15) is 0 Å². The first kappa shape index (κ1) is 20.7. The minimum absolute atomic E-state index is 0.0304. The smallest absolute Gasteiger partial charge is 0.230 e. The predicted molar refractivity (Wildman–Crippen MR) is 115 cm³/mol. The quantitative estimate of drug-likeness (QED) is 0.589. The van der Waals surface area contributed by atoms with Gasteiger partial charge in [0, 0.05) is 11.6 Å². The average molecular weight is 402 g/mol. The molecule has 0 saturated heterocycles. The molecule has 3 rings (SSSR count). The summed E-state index contributed by atoms with van der Waals surface area (Å²) in [4.78, 5) is 12.3. The Morgan fingerprint density at radius 2 is 1.89 bits per heavy atom. The van der Waals surface area contributed by atoms with E-state index in [0.29, 0.717) is 22.7 Å². The summed E-state index contributed by atoms with van der Waals surface area (Å²) in [7, 11) is 0. The van der Waals surface area contributed by atoms with E-state index in [1.165, 1.54) is 41.3 Å². The van der Waals surface area contributed by atoms with Gasteiger partial charge < -0.3 is 11.2 Å². The molecule has 1 amide bonds. The van der Waals surface area contributed by atoms with E-state index in [2.05, 4.69) is 55.3 Å². The second-order valence-corrected chi connectivity index (χ2v) is 9.67. The molecular formula is C21H31N5OS. The minimum atomic E-state index is 0.0304. The molecule has 2 atom stereocenters. The summed E-state index contributed by atoms with van der Waals surface area (Å²) in [6.07, 6.45) is 4.71. The van der Waals surface area contributed by atoms with Crippen LogP contribution in [0.2, 0.25) is 0 Å². The van der Waals surface area contributed by atoms with Gasteiger partial charge in [0.05, 0.1) is 5.75 Å². The van der Waals surface area contributed by atoms with Crippen molar-refractivity contribution in [1.29, 1.82) is 0 Å². The van der Waals surface area contributed by atoms with Crippen molar-refractivity contribution in [3.05, 3.63) is 29.8 Å². The van der Waals surface area contributed by atoms with Crippen molar-refractivity contribution < 1.29 is 4.79 Å². The highest BCUT2D eigenvalue weighted by Gasteiger charge is 2.23. The predicted octanol–water partition coefficient (Wildman–Crippen LogP) is 3.74. The lowest BCUT2D eigenvalue weighted by atomic mass is 9.86. The van der Waals surface area contributed by atoms with Gasteiger partial charge >= 0.3 is 0 Å². The van der Waals surface area contributed by atoms with E-state index in [-0.39, 0.29) is 17.4 Å². The number of nitrogens with one attached hydrogen (secondary N) is 1. The number of nitrogen functional groups attached to an aromatic ring is 1. The van der Waals surface area contributed by atoms with E-state index in [9.17, 15) is 4.79 Å². The van der Waals surface area contributed by atoms with E-state index in [4.69, 9.17) is 5.84 Å². The number of hydrogen-bond acceptors (Lipinski definition) is 5. The number of amides is 1. The fraction of sp³-hybridized carbons (Fsp3) is 0.571. The maximum atomic E-state index is 12.3. The van der Waals surface area contributed by atoms with Crippen molar-refractivity contribution >= 4 is 17.7 Å². The Bertz CT molecular complexity index is 809. The van der Waals surface area contributed by atoms with Crippen LogP contribution in [-0.2, 0) is 10.2 Å². The lowest BCUT2D eigenvalue weighted by Gasteiger charge is -2.29. The van der Waals surface area contributed by atoms with Gasteiger partial charge in [0.25, 0.3) is 0 Å². The summed E-state index contributed by atoms with van der Waals surface area (Å²) in [5.41, 5.74) is 2.26. The summed E-state index contributed by atoms with van der Waals surface area (Å²) in [5, 5.41) is 12.1. The number of carbonyl (C=O) groups is 1. The summed E-state index contributed by atoms with van der Waals surface area (Å²) >= 11 is 1.32. The second-order valence-electron chi connectivity index (χ2n) is 8.73. The van der Waals surface area contributed by atoms with Gasteiger partial charge in [-0.3, -0.25) is 4.79 Å². The van der Waals surface area contributed by atoms with Gasteiger partial charge in [-0.25, -0.2) is 4.68 Å². The first-order valence-corrected chi connectivity index (χ1v) is 11.0. The van der Waals surface area contributed by atoms with Gasteiger partial charge in [0.1, 0.15) is 0 Å². The molecule has 1 heterocycles. The van der Waals surface area contributed by atoms with Gasteiger partial charge in [-0.05, 0) is 29.7 Å². The molecule has 2 aromatic rings. The van der Waals surface area contributed by atoms with E-state index in [1.54, 1.807) is 0 Å². The molecular weight excluding hydrogens is 370 g/mol. The molecule has 0 radical (unpaired) electrons. The molecule has 3 N–H and O–H groups in total. The number of nitrogens with zero attached hydrogens (tertiary/aromatic N) is 3. The molecule has 6 nitrogen and oxygen atoms in total. The summed E-state index contributed by atoms with van der Waals surface area (Å²) in [6, 6.07) is 8.50. The molecule has 0 bridgehead atoms. The third-order valence-electron chi connectivity index (χ3n) is 5.46. The Morgan fingerprint density at radius 3 is 2.54 bits per heavy atom. The maximum Gasteiger partial charge on any atom is 0.230 e. The monoisotopic (exact) mass is 401 g/mol. The number of thioether (sulfide) groups is 1. The summed E-state index contributed by atoms with van der Waals surface area (Å²) < 4.78 is 1.47. The van der Waals surface area contributed by atoms with Crippen LogP contribution in [0.5, 0.6) is 0 Å². The van der Waals surface area contributed by atoms with Crippen molar-refractivity contribution in [2.75, 3.05) is 11.6 Å². The highest BCUT2D eigenvalue weighted by molar-refractivity contribution is 7.99. The van der Waals surface area contributed by atoms with Gasteiger partial charge in [-0.15, -0.1) is 10.2 Å². The van der Waals surface area contributed by atoms with Crippen molar-refractivity contribution in [2.45, 2.75) is 70.0 Å². The van der Waals surface area contributed by atoms with Crippen LogP contribution in [0.25, 0.3) is 11.4 Å². The van der Waals surface area contributed by atoms with E-state index >= 15 is 0 Å². The zero-order chi connectivity index (χ0) is 20.3. The Kier molecular flexibility index (Phi) is 6.33. The Balaban J connectivity index is 1.61. The lowest BCUT2D eigenvalue weighted by molar-refractivity contribution is -0.119. The van der Waals surface area contributed by atoms with Crippen LogP contribution in [0.4, 0.5) is 0 Å². The minimum Gasteiger partial charge on any atom is -0.352 e. The highest BCUT2D eigenvalue weighted by Crippen LogP contribution is 2.27. The van der Waals surface area contributed by atoms with Crippen molar-refractivity contribution in [2.24, 2.45) is 5.92 Å². The SMILES string of the molecule is C[C@@H]1CCCC[C@H]1NC(=O)CSc1nnc(-c2ccc(C(C)(C)C)cc2)n1N. The maximum absolute atomic E-state index is 12.3. The number of aromatic nitrogens is 3. The number of carbonyl (C=O) groups excluding carboxylic acids is 1. The normalized spacial score (nSPS) is 20.1. The molecule has 1 fully saturated rings. The fourth-order valence-electron chi connectivity index (χ4n) is 3.60. The third kappa shape index (κ3) is 4.87. The number of rotatable bonds is 5. The molecule has 152 valence electrons. The Labute approximate surface area is 171 Å². The van der Waals surface area contributed by atoms with Crippen LogP contribution in [0, 0.1) is 5.92 Å². The van der Waals surface area contributed by atoms with Gasteiger partial charge in [0.2, 0.25) is 11.1 Å². The van der Waals surface area contributed by atoms with Gasteiger partial charge in [0.15, 0.2) is 5.82 Å². The summed E-state index contributed by atoms with van der Waals surface area (Å²) in [6.45, 7) is 8.76. The van der Waals surface area contributed by atoms with Crippen LogP contribution in [0.3, 0.4) is 0 Å². The number of hydrogen-bond donors (Lipinski definition) is 2. The van der Waals surface area contributed by atoms with Crippen LogP contribution in [0.15, 0.2) is 29.4 Å². The largest absolute Gasteiger partial charge is 0.352 e. The zero-order valence-corrected chi connectivity index (χ0v) is 18.1. The molecule has 1 aromatic heterocycles.